The molecule has 0 saturated heterocycles. The normalized spacial score (nSPS) is 13.1. The lowest BCUT2D eigenvalue weighted by Gasteiger charge is -2.10. The summed E-state index contributed by atoms with van der Waals surface area (Å²) in [6, 6.07) is 9.92. The van der Waals surface area contributed by atoms with Crippen LogP contribution in [0.25, 0.3) is 27.1 Å². The van der Waals surface area contributed by atoms with Gasteiger partial charge in [-0.1, -0.05) is 12.1 Å². The number of rotatable bonds is 1. The molecule has 100 valence electrons. The Bertz CT molecular complexity index is 985. The number of aromatic nitrogens is 2. The molecule has 6 nitrogen and oxygen atoms in total. The second-order valence-electron chi connectivity index (χ2n) is 5.07. The van der Waals surface area contributed by atoms with Crippen molar-refractivity contribution >= 4 is 22.5 Å². The van der Waals surface area contributed by atoms with Crippen molar-refractivity contribution in [3.8, 4) is 6.07 Å². The van der Waals surface area contributed by atoms with E-state index in [2.05, 4.69) is 21.1 Å². The maximum atomic E-state index is 9.54. The molecule has 0 bridgehead atoms. The molecule has 4 rings (SSSR count). The van der Waals surface area contributed by atoms with E-state index in [9.17, 15) is 5.26 Å². The van der Waals surface area contributed by atoms with Gasteiger partial charge in [0.2, 0.25) is 0 Å². The molecule has 1 aliphatic rings. The third-order valence-corrected chi connectivity index (χ3v) is 4.04. The van der Waals surface area contributed by atoms with Crippen LogP contribution >= 0.6 is 0 Å². The highest BCUT2D eigenvalue weighted by Crippen LogP contribution is 2.37. The van der Waals surface area contributed by atoms with Crippen LogP contribution in [0.4, 0.5) is 5.82 Å². The van der Waals surface area contributed by atoms with Crippen molar-refractivity contribution in [2.24, 2.45) is 5.11 Å². The first-order valence-electron chi connectivity index (χ1n) is 6.75. The highest BCUT2D eigenvalue weighted by molar-refractivity contribution is 5.85. The number of nitrogens with zero attached hydrogens (tertiary/aromatic N) is 6. The van der Waals surface area contributed by atoms with Crippen molar-refractivity contribution in [1.82, 2.24) is 9.38 Å². The van der Waals surface area contributed by atoms with Crippen LogP contribution in [0.5, 0.6) is 0 Å². The second-order valence-corrected chi connectivity index (χ2v) is 5.07. The Kier molecular flexibility index (Phi) is 2.37. The Morgan fingerprint density at radius 3 is 2.90 bits per heavy atom. The SMILES string of the molecule is N#Cc1c2c(c(N=[N+]=[N-])n3c1nc1ccccc13)CCC2. The van der Waals surface area contributed by atoms with Crippen molar-refractivity contribution in [3.63, 3.8) is 0 Å². The topological polar surface area (TPSA) is 89.8 Å². The van der Waals surface area contributed by atoms with Crippen LogP contribution < -0.4 is 0 Å². The molecular weight excluding hydrogens is 264 g/mol. The molecule has 0 fully saturated rings. The van der Waals surface area contributed by atoms with Gasteiger partial charge in [0, 0.05) is 4.91 Å². The van der Waals surface area contributed by atoms with E-state index in [1.54, 1.807) is 0 Å². The summed E-state index contributed by atoms with van der Waals surface area (Å²) in [7, 11) is 0. The molecule has 0 N–H and O–H groups in total. The zero-order valence-electron chi connectivity index (χ0n) is 11.1. The lowest BCUT2D eigenvalue weighted by atomic mass is 10.1. The van der Waals surface area contributed by atoms with Crippen LogP contribution in [0.2, 0.25) is 0 Å². The molecule has 0 aliphatic heterocycles. The molecule has 0 saturated carbocycles. The third-order valence-electron chi connectivity index (χ3n) is 4.04. The van der Waals surface area contributed by atoms with Gasteiger partial charge < -0.3 is 0 Å². The van der Waals surface area contributed by atoms with Crippen LogP contribution in [-0.4, -0.2) is 9.38 Å². The van der Waals surface area contributed by atoms with Gasteiger partial charge in [0.25, 0.3) is 0 Å². The smallest absolute Gasteiger partial charge is 0.156 e. The average Bonchev–Trinajstić information content (AvgIpc) is 3.11. The van der Waals surface area contributed by atoms with Crippen LogP contribution in [0.15, 0.2) is 29.4 Å². The van der Waals surface area contributed by atoms with Gasteiger partial charge in [-0.15, -0.1) is 0 Å². The zero-order valence-corrected chi connectivity index (χ0v) is 11.1. The van der Waals surface area contributed by atoms with Gasteiger partial charge in [-0.05, 0) is 53.2 Å². The molecular formula is C15H10N6. The molecule has 2 heterocycles. The fraction of sp³-hybridized carbons (Fsp3) is 0.200. The number of benzene rings is 1. The minimum atomic E-state index is 0.577. The maximum Gasteiger partial charge on any atom is 0.156 e. The minimum absolute atomic E-state index is 0.577. The molecule has 0 spiro atoms. The van der Waals surface area contributed by atoms with E-state index in [1.807, 2.05) is 28.7 Å². The predicted octanol–water partition coefficient (Wildman–Crippen LogP) is 3.79. The summed E-state index contributed by atoms with van der Waals surface area (Å²) in [4.78, 5) is 7.53. The van der Waals surface area contributed by atoms with Crippen molar-refractivity contribution in [3.05, 3.63) is 51.4 Å². The van der Waals surface area contributed by atoms with Gasteiger partial charge in [-0.3, -0.25) is 4.40 Å². The summed E-state index contributed by atoms with van der Waals surface area (Å²) in [5, 5.41) is 13.4. The first-order valence-corrected chi connectivity index (χ1v) is 6.75. The molecule has 1 aromatic carbocycles. The van der Waals surface area contributed by atoms with Gasteiger partial charge in [0.15, 0.2) is 5.65 Å². The van der Waals surface area contributed by atoms with Crippen LogP contribution in [-0.2, 0) is 12.8 Å². The summed E-state index contributed by atoms with van der Waals surface area (Å²) >= 11 is 0. The Labute approximate surface area is 119 Å². The fourth-order valence-corrected chi connectivity index (χ4v) is 3.21. The number of imidazole rings is 1. The minimum Gasteiger partial charge on any atom is -0.289 e. The molecule has 0 amide bonds. The summed E-state index contributed by atoms with van der Waals surface area (Å²) < 4.78 is 1.82. The summed E-state index contributed by atoms with van der Waals surface area (Å²) in [5.41, 5.74) is 13.7. The Balaban J connectivity index is 2.33. The van der Waals surface area contributed by atoms with Crippen LogP contribution in [0.3, 0.4) is 0 Å². The molecule has 0 atom stereocenters. The Morgan fingerprint density at radius 2 is 2.10 bits per heavy atom. The lowest BCUT2D eigenvalue weighted by molar-refractivity contribution is 0.909. The largest absolute Gasteiger partial charge is 0.289 e. The van der Waals surface area contributed by atoms with Gasteiger partial charge in [-0.25, -0.2) is 4.98 Å². The number of fused-ring (bicyclic) bond motifs is 4. The average molecular weight is 274 g/mol. The first-order chi connectivity index (χ1) is 10.3. The van der Waals surface area contributed by atoms with Gasteiger partial charge in [-0.2, -0.15) is 5.26 Å². The molecule has 3 aromatic rings. The third kappa shape index (κ3) is 1.46. The first kappa shape index (κ1) is 11.8. The summed E-state index contributed by atoms with van der Waals surface area (Å²) in [6.07, 6.45) is 2.65. The molecule has 0 radical (unpaired) electrons. The van der Waals surface area contributed by atoms with Crippen LogP contribution in [0.1, 0.15) is 23.1 Å². The number of hydrogen-bond acceptors (Lipinski definition) is 3. The van der Waals surface area contributed by atoms with Crippen molar-refractivity contribution in [2.45, 2.75) is 19.3 Å². The van der Waals surface area contributed by atoms with E-state index >= 15 is 0 Å². The molecule has 6 heteroatoms. The fourth-order valence-electron chi connectivity index (χ4n) is 3.21. The summed E-state index contributed by atoms with van der Waals surface area (Å²) in [5.74, 6) is 0.577. The van der Waals surface area contributed by atoms with E-state index in [1.165, 1.54) is 0 Å². The van der Waals surface area contributed by atoms with Crippen molar-refractivity contribution < 1.29 is 0 Å². The predicted molar refractivity (Wildman–Crippen MR) is 78.2 cm³/mol. The van der Waals surface area contributed by atoms with Gasteiger partial charge in [0.1, 0.15) is 11.9 Å². The number of azide groups is 1. The maximum absolute atomic E-state index is 9.54. The van der Waals surface area contributed by atoms with Gasteiger partial charge >= 0.3 is 0 Å². The highest BCUT2D eigenvalue weighted by Gasteiger charge is 2.24. The van der Waals surface area contributed by atoms with Gasteiger partial charge in [0.05, 0.1) is 16.6 Å². The van der Waals surface area contributed by atoms with Crippen molar-refractivity contribution in [2.75, 3.05) is 0 Å². The zero-order chi connectivity index (χ0) is 14.4. The van der Waals surface area contributed by atoms with E-state index in [4.69, 9.17) is 5.53 Å². The highest BCUT2D eigenvalue weighted by atomic mass is 15.2. The molecule has 2 aromatic heterocycles. The quantitative estimate of drug-likeness (QED) is 0.383. The van der Waals surface area contributed by atoms with Crippen molar-refractivity contribution in [1.29, 1.82) is 5.26 Å². The van der Waals surface area contributed by atoms with E-state index < -0.39 is 0 Å². The van der Waals surface area contributed by atoms with E-state index in [0.717, 1.165) is 41.4 Å². The molecule has 21 heavy (non-hydrogen) atoms. The number of hydrogen-bond donors (Lipinski definition) is 0. The standard InChI is InChI=1S/C15H10N6/c16-8-11-9-4-3-5-10(9)15(19-20-17)21-13-7-2-1-6-12(13)18-14(11)21/h1-2,6-7H,3-5H2. The number of nitriles is 1. The Morgan fingerprint density at radius 1 is 1.29 bits per heavy atom. The monoisotopic (exact) mass is 274 g/mol. The Hall–Kier alpha value is -3.03. The molecule has 1 aliphatic carbocycles. The lowest BCUT2D eigenvalue weighted by Crippen LogP contribution is -1.98. The van der Waals surface area contributed by atoms with E-state index in [-0.39, 0.29) is 0 Å². The molecule has 0 unspecified atom stereocenters. The number of pyridine rings is 1. The van der Waals surface area contributed by atoms with Crippen LogP contribution in [0, 0.1) is 11.3 Å². The summed E-state index contributed by atoms with van der Waals surface area (Å²) in [6.45, 7) is 0. The van der Waals surface area contributed by atoms with E-state index in [0.29, 0.717) is 17.0 Å². The second kappa shape index (κ2) is 4.23. The number of para-hydroxylation sites is 2.